The number of nitrogens with zero attached hydrogens (tertiary/aromatic N) is 4. The minimum Gasteiger partial charge on any atom is -0.452 e. The lowest BCUT2D eigenvalue weighted by Gasteiger charge is -2.35. The molecule has 5 rings (SSSR count). The fourth-order valence-electron chi connectivity index (χ4n) is 4.00. The average Bonchev–Trinajstić information content (AvgIpc) is 3.43. The van der Waals surface area contributed by atoms with Crippen molar-refractivity contribution < 1.29 is 18.7 Å². The van der Waals surface area contributed by atoms with Crippen LogP contribution in [-0.4, -0.2) is 59.5 Å². The number of carbonyl (C=O) groups is 2. The molecule has 8 heteroatoms. The summed E-state index contributed by atoms with van der Waals surface area (Å²) in [6.07, 6.45) is 3.38. The Morgan fingerprint density at radius 2 is 1.60 bits per heavy atom. The van der Waals surface area contributed by atoms with Crippen molar-refractivity contribution in [1.82, 2.24) is 14.9 Å². The summed E-state index contributed by atoms with van der Waals surface area (Å²) >= 11 is 0. The van der Waals surface area contributed by atoms with E-state index in [4.69, 9.17) is 9.15 Å². The molecule has 3 heterocycles. The van der Waals surface area contributed by atoms with Crippen LogP contribution in [0.25, 0.3) is 22.8 Å². The maximum absolute atomic E-state index is 12.9. The normalized spacial score (nSPS) is 13.5. The van der Waals surface area contributed by atoms with Gasteiger partial charge >= 0.3 is 5.97 Å². The van der Waals surface area contributed by atoms with Gasteiger partial charge in [-0.15, -0.1) is 0 Å². The first-order valence-electron chi connectivity index (χ1n) is 11.4. The van der Waals surface area contributed by atoms with Crippen molar-refractivity contribution in [2.24, 2.45) is 0 Å². The van der Waals surface area contributed by atoms with Gasteiger partial charge in [0.1, 0.15) is 5.82 Å². The van der Waals surface area contributed by atoms with Crippen molar-refractivity contribution in [1.29, 1.82) is 0 Å². The Bertz CT molecular complexity index is 1300. The molecular formula is C27H24N4O4. The Hall–Kier alpha value is -4.46. The number of piperazine rings is 1. The lowest BCUT2D eigenvalue weighted by molar-refractivity contribution is -0.134. The zero-order chi connectivity index (χ0) is 24.0. The van der Waals surface area contributed by atoms with Gasteiger partial charge in [-0.1, -0.05) is 48.5 Å². The molecule has 0 radical (unpaired) electrons. The highest BCUT2D eigenvalue weighted by molar-refractivity contribution is 5.97. The van der Waals surface area contributed by atoms with E-state index in [1.54, 1.807) is 41.6 Å². The highest BCUT2D eigenvalue weighted by Gasteiger charge is 2.24. The molecule has 2 aromatic carbocycles. The van der Waals surface area contributed by atoms with Crippen molar-refractivity contribution in [2.75, 3.05) is 37.7 Å². The number of esters is 1. The summed E-state index contributed by atoms with van der Waals surface area (Å²) in [6.45, 7) is 2.11. The molecule has 0 unspecified atom stereocenters. The minimum atomic E-state index is -0.597. The van der Waals surface area contributed by atoms with Crippen LogP contribution in [-0.2, 0) is 9.53 Å². The number of aromatic nitrogens is 2. The third kappa shape index (κ3) is 5.06. The molecule has 1 aliphatic rings. The van der Waals surface area contributed by atoms with Crippen LogP contribution in [0.5, 0.6) is 0 Å². The molecule has 0 atom stereocenters. The van der Waals surface area contributed by atoms with Gasteiger partial charge in [0, 0.05) is 37.9 Å². The van der Waals surface area contributed by atoms with E-state index in [0.29, 0.717) is 49.0 Å². The molecule has 0 saturated carbocycles. The molecule has 1 aliphatic heterocycles. The van der Waals surface area contributed by atoms with Gasteiger partial charge in [0.05, 0.1) is 17.3 Å². The molecule has 0 spiro atoms. The highest BCUT2D eigenvalue weighted by atomic mass is 16.5. The fraction of sp³-hybridized carbons (Fsp3) is 0.185. The van der Waals surface area contributed by atoms with Crippen LogP contribution in [0.2, 0.25) is 0 Å². The molecule has 0 bridgehead atoms. The minimum absolute atomic E-state index is 0.223. The number of hydrogen-bond donors (Lipinski definition) is 0. The second-order valence-electron chi connectivity index (χ2n) is 8.07. The predicted octanol–water partition coefficient (Wildman–Crippen LogP) is 3.91. The van der Waals surface area contributed by atoms with Crippen LogP contribution in [0, 0.1) is 0 Å². The maximum atomic E-state index is 12.9. The summed E-state index contributed by atoms with van der Waals surface area (Å²) in [5, 5.41) is 0. The van der Waals surface area contributed by atoms with Crippen molar-refractivity contribution in [3.05, 3.63) is 90.8 Å². The molecule has 176 valence electrons. The van der Waals surface area contributed by atoms with Gasteiger partial charge in [0.2, 0.25) is 5.89 Å². The van der Waals surface area contributed by atoms with Crippen LogP contribution in [0.3, 0.4) is 0 Å². The van der Waals surface area contributed by atoms with Crippen LogP contribution in [0.1, 0.15) is 10.4 Å². The van der Waals surface area contributed by atoms with Gasteiger partial charge in [0.25, 0.3) is 5.91 Å². The smallest absolute Gasteiger partial charge is 0.339 e. The van der Waals surface area contributed by atoms with Gasteiger partial charge < -0.3 is 19.0 Å². The van der Waals surface area contributed by atoms with Crippen LogP contribution >= 0.6 is 0 Å². The molecule has 1 saturated heterocycles. The molecule has 0 N–H and O–H groups in total. The lowest BCUT2D eigenvalue weighted by atomic mass is 10.1. The van der Waals surface area contributed by atoms with E-state index in [1.165, 1.54) is 0 Å². The van der Waals surface area contributed by atoms with E-state index in [2.05, 4.69) is 14.9 Å². The topological polar surface area (TPSA) is 88.8 Å². The van der Waals surface area contributed by atoms with Gasteiger partial charge in [-0.25, -0.2) is 14.8 Å². The lowest BCUT2D eigenvalue weighted by Crippen LogP contribution is -2.50. The SMILES string of the molecule is O=C(OCC(=O)N1CCN(c2ccccn2)CC1)c1ccccc1-c1ncc(-c2ccccc2)o1. The first-order valence-corrected chi connectivity index (χ1v) is 11.4. The Labute approximate surface area is 202 Å². The fourth-order valence-corrected chi connectivity index (χ4v) is 4.00. The van der Waals surface area contributed by atoms with E-state index in [9.17, 15) is 9.59 Å². The van der Waals surface area contributed by atoms with Gasteiger partial charge in [-0.3, -0.25) is 4.79 Å². The quantitative estimate of drug-likeness (QED) is 0.397. The van der Waals surface area contributed by atoms with Crippen LogP contribution < -0.4 is 4.90 Å². The molecule has 1 fully saturated rings. The number of benzene rings is 2. The van der Waals surface area contributed by atoms with E-state index in [1.807, 2.05) is 48.5 Å². The number of oxazole rings is 1. The van der Waals surface area contributed by atoms with Crippen molar-refractivity contribution in [2.45, 2.75) is 0 Å². The van der Waals surface area contributed by atoms with Gasteiger partial charge in [-0.05, 0) is 24.3 Å². The Morgan fingerprint density at radius 1 is 0.857 bits per heavy atom. The standard InChI is InChI=1S/C27H24N4O4/c32-25(31-16-14-30(15-17-31)24-12-6-7-13-28-24)19-34-27(33)22-11-5-4-10-21(22)26-29-18-23(35-26)20-8-2-1-3-9-20/h1-13,18H,14-17,19H2. The van der Waals surface area contributed by atoms with Crippen LogP contribution in [0.15, 0.2) is 89.6 Å². The Balaban J connectivity index is 1.21. The van der Waals surface area contributed by atoms with E-state index >= 15 is 0 Å². The third-order valence-electron chi connectivity index (χ3n) is 5.87. The number of pyridine rings is 1. The van der Waals surface area contributed by atoms with E-state index in [0.717, 1.165) is 11.4 Å². The molecular weight excluding hydrogens is 444 g/mol. The number of rotatable bonds is 6. The molecule has 1 amide bonds. The predicted molar refractivity (Wildman–Crippen MR) is 131 cm³/mol. The van der Waals surface area contributed by atoms with Crippen molar-refractivity contribution >= 4 is 17.7 Å². The zero-order valence-corrected chi connectivity index (χ0v) is 19.0. The monoisotopic (exact) mass is 468 g/mol. The number of anilines is 1. The first-order chi connectivity index (χ1) is 17.2. The van der Waals surface area contributed by atoms with Gasteiger partial charge in [0.15, 0.2) is 12.4 Å². The Kier molecular flexibility index (Phi) is 6.52. The summed E-state index contributed by atoms with van der Waals surface area (Å²) in [5.74, 6) is 0.987. The maximum Gasteiger partial charge on any atom is 0.339 e. The number of hydrogen-bond acceptors (Lipinski definition) is 7. The van der Waals surface area contributed by atoms with Gasteiger partial charge in [-0.2, -0.15) is 0 Å². The van der Waals surface area contributed by atoms with E-state index in [-0.39, 0.29) is 12.5 Å². The largest absolute Gasteiger partial charge is 0.452 e. The first kappa shape index (κ1) is 22.3. The summed E-state index contributed by atoms with van der Waals surface area (Å²) in [5.41, 5.74) is 1.69. The summed E-state index contributed by atoms with van der Waals surface area (Å²) in [7, 11) is 0. The molecule has 8 nitrogen and oxygen atoms in total. The summed E-state index contributed by atoms with van der Waals surface area (Å²) in [6, 6.07) is 22.3. The number of amides is 1. The number of ether oxygens (including phenoxy) is 1. The third-order valence-corrected chi connectivity index (χ3v) is 5.87. The molecule has 35 heavy (non-hydrogen) atoms. The van der Waals surface area contributed by atoms with E-state index < -0.39 is 5.97 Å². The second-order valence-corrected chi connectivity index (χ2v) is 8.07. The summed E-state index contributed by atoms with van der Waals surface area (Å²) < 4.78 is 11.3. The highest BCUT2D eigenvalue weighted by Crippen LogP contribution is 2.28. The van der Waals surface area contributed by atoms with Crippen molar-refractivity contribution in [3.8, 4) is 22.8 Å². The molecule has 4 aromatic rings. The zero-order valence-electron chi connectivity index (χ0n) is 19.0. The van der Waals surface area contributed by atoms with Crippen LogP contribution in [0.4, 0.5) is 5.82 Å². The number of carbonyl (C=O) groups excluding carboxylic acids is 2. The molecule has 2 aromatic heterocycles. The second kappa shape index (κ2) is 10.2. The average molecular weight is 469 g/mol. The summed E-state index contributed by atoms with van der Waals surface area (Å²) in [4.78, 5) is 38.1. The van der Waals surface area contributed by atoms with Crippen molar-refractivity contribution in [3.63, 3.8) is 0 Å². The molecule has 0 aliphatic carbocycles. The Morgan fingerprint density at radius 3 is 2.37 bits per heavy atom.